The molecule has 0 saturated carbocycles. The molecule has 2 heterocycles. The van der Waals surface area contributed by atoms with Crippen molar-refractivity contribution in [3.63, 3.8) is 0 Å². The Morgan fingerprint density at radius 2 is 2.24 bits per heavy atom. The molecule has 1 aliphatic rings. The number of aryl methyl sites for hydroxylation is 1. The van der Waals surface area contributed by atoms with Gasteiger partial charge >= 0.3 is 0 Å². The molecule has 1 aliphatic heterocycles. The van der Waals surface area contributed by atoms with Crippen LogP contribution in [0.4, 0.5) is 0 Å². The van der Waals surface area contributed by atoms with E-state index >= 15 is 0 Å². The van der Waals surface area contributed by atoms with Crippen molar-refractivity contribution in [3.8, 4) is 0 Å². The molecule has 21 heavy (non-hydrogen) atoms. The summed E-state index contributed by atoms with van der Waals surface area (Å²) in [5.74, 6) is 0.628. The average Bonchev–Trinajstić information content (AvgIpc) is 2.93. The first-order chi connectivity index (χ1) is 10.1. The molecule has 1 atom stereocenters. The van der Waals surface area contributed by atoms with Crippen molar-refractivity contribution in [3.05, 3.63) is 12.2 Å². The highest BCUT2D eigenvalue weighted by Crippen LogP contribution is 2.19. The summed E-state index contributed by atoms with van der Waals surface area (Å²) in [6, 6.07) is 0.0188. The first kappa shape index (κ1) is 16.3. The summed E-state index contributed by atoms with van der Waals surface area (Å²) in [4.78, 5) is 0. The van der Waals surface area contributed by atoms with Gasteiger partial charge in [-0.05, 0) is 26.8 Å². The Kier molecular flexibility index (Phi) is 5.68. The van der Waals surface area contributed by atoms with E-state index in [2.05, 4.69) is 20.2 Å². The van der Waals surface area contributed by atoms with E-state index in [-0.39, 0.29) is 12.6 Å². The molecule has 1 aromatic rings. The molecule has 1 aromatic heterocycles. The van der Waals surface area contributed by atoms with Gasteiger partial charge in [-0.15, -0.1) is 10.2 Å². The molecule has 2 rings (SSSR count). The fourth-order valence-corrected chi connectivity index (χ4v) is 4.07. The third-order valence-electron chi connectivity index (χ3n) is 3.77. The van der Waals surface area contributed by atoms with Crippen LogP contribution in [0, 0.1) is 0 Å². The molecule has 1 saturated heterocycles. The Balaban J connectivity index is 2.03. The summed E-state index contributed by atoms with van der Waals surface area (Å²) >= 11 is 0. The molecule has 2 N–H and O–H groups in total. The zero-order chi connectivity index (χ0) is 15.3. The SMILES string of the molecule is CCn1cnnc1CNS(=O)(=O)N1CCCCC1CNC. The van der Waals surface area contributed by atoms with Crippen molar-refractivity contribution in [1.29, 1.82) is 0 Å². The highest BCUT2D eigenvalue weighted by Gasteiger charge is 2.31. The molecule has 9 heteroatoms. The van der Waals surface area contributed by atoms with Crippen molar-refractivity contribution in [2.24, 2.45) is 0 Å². The van der Waals surface area contributed by atoms with Gasteiger partial charge in [-0.25, -0.2) is 0 Å². The lowest BCUT2D eigenvalue weighted by atomic mass is 10.1. The third kappa shape index (κ3) is 4.00. The van der Waals surface area contributed by atoms with Gasteiger partial charge < -0.3 is 9.88 Å². The predicted octanol–water partition coefficient (Wildman–Crippen LogP) is -0.294. The molecule has 0 amide bonds. The van der Waals surface area contributed by atoms with E-state index in [0.717, 1.165) is 25.8 Å². The lowest BCUT2D eigenvalue weighted by molar-refractivity contribution is 0.246. The van der Waals surface area contributed by atoms with Crippen molar-refractivity contribution >= 4 is 10.2 Å². The predicted molar refractivity (Wildman–Crippen MR) is 79.7 cm³/mol. The number of nitrogens with one attached hydrogen (secondary N) is 2. The number of hydrogen-bond acceptors (Lipinski definition) is 5. The van der Waals surface area contributed by atoms with Crippen LogP contribution in [0.25, 0.3) is 0 Å². The Morgan fingerprint density at radius 3 is 2.95 bits per heavy atom. The molecule has 0 aliphatic carbocycles. The number of piperidine rings is 1. The maximum absolute atomic E-state index is 12.5. The maximum Gasteiger partial charge on any atom is 0.280 e. The first-order valence-electron chi connectivity index (χ1n) is 7.36. The number of hydrogen-bond donors (Lipinski definition) is 2. The monoisotopic (exact) mass is 316 g/mol. The van der Waals surface area contributed by atoms with Crippen LogP contribution in [0.5, 0.6) is 0 Å². The molecule has 1 unspecified atom stereocenters. The van der Waals surface area contributed by atoms with E-state index < -0.39 is 10.2 Å². The number of likely N-dealkylation sites (N-methyl/N-ethyl adjacent to an activating group) is 1. The van der Waals surface area contributed by atoms with Crippen molar-refractivity contribution in [2.45, 2.75) is 45.3 Å². The second-order valence-electron chi connectivity index (χ2n) is 5.18. The van der Waals surface area contributed by atoms with Gasteiger partial charge in [0.1, 0.15) is 12.2 Å². The standard InChI is InChI=1S/C12H24N6O2S/c1-3-17-10-14-16-12(17)9-15-21(19,20)18-7-5-4-6-11(18)8-13-2/h10-11,13,15H,3-9H2,1-2H3. The minimum Gasteiger partial charge on any atom is -0.318 e. The van der Waals surface area contributed by atoms with Crippen molar-refractivity contribution in [2.75, 3.05) is 20.1 Å². The van der Waals surface area contributed by atoms with Gasteiger partial charge in [0, 0.05) is 25.7 Å². The van der Waals surface area contributed by atoms with E-state index in [1.54, 1.807) is 10.6 Å². The van der Waals surface area contributed by atoms with Crippen LogP contribution in [0.15, 0.2) is 6.33 Å². The van der Waals surface area contributed by atoms with Gasteiger partial charge in [0.05, 0.1) is 6.54 Å². The summed E-state index contributed by atoms with van der Waals surface area (Å²) in [5.41, 5.74) is 0. The van der Waals surface area contributed by atoms with E-state index in [1.807, 2.05) is 18.5 Å². The van der Waals surface area contributed by atoms with E-state index in [1.165, 1.54) is 0 Å². The van der Waals surface area contributed by atoms with Crippen LogP contribution in [-0.4, -0.2) is 53.7 Å². The van der Waals surface area contributed by atoms with Gasteiger partial charge in [-0.1, -0.05) is 6.42 Å². The minimum atomic E-state index is -3.49. The molecule has 0 radical (unpaired) electrons. The van der Waals surface area contributed by atoms with Gasteiger partial charge in [-0.2, -0.15) is 17.4 Å². The molecule has 0 bridgehead atoms. The highest BCUT2D eigenvalue weighted by molar-refractivity contribution is 7.87. The molecule has 0 aromatic carbocycles. The zero-order valence-electron chi connectivity index (χ0n) is 12.6. The summed E-state index contributed by atoms with van der Waals surface area (Å²) in [7, 11) is -1.65. The van der Waals surface area contributed by atoms with Crippen molar-refractivity contribution in [1.82, 2.24) is 29.1 Å². The van der Waals surface area contributed by atoms with Crippen LogP contribution in [0.3, 0.4) is 0 Å². The van der Waals surface area contributed by atoms with E-state index in [0.29, 0.717) is 18.9 Å². The molecular weight excluding hydrogens is 292 g/mol. The summed E-state index contributed by atoms with van der Waals surface area (Å²) in [6.45, 7) is 4.10. The van der Waals surface area contributed by atoms with Gasteiger partial charge in [0.25, 0.3) is 10.2 Å². The quantitative estimate of drug-likeness (QED) is 0.721. The maximum atomic E-state index is 12.5. The number of nitrogens with zero attached hydrogens (tertiary/aromatic N) is 4. The lowest BCUT2D eigenvalue weighted by Gasteiger charge is -2.34. The normalized spacial score (nSPS) is 20.8. The van der Waals surface area contributed by atoms with Crippen LogP contribution in [0.2, 0.25) is 0 Å². The average molecular weight is 316 g/mol. The lowest BCUT2D eigenvalue weighted by Crippen LogP contribution is -2.52. The largest absolute Gasteiger partial charge is 0.318 e. The number of aromatic nitrogens is 3. The molecule has 8 nitrogen and oxygen atoms in total. The van der Waals surface area contributed by atoms with Crippen LogP contribution in [-0.2, 0) is 23.3 Å². The third-order valence-corrected chi connectivity index (χ3v) is 5.38. The van der Waals surface area contributed by atoms with E-state index in [9.17, 15) is 8.42 Å². The fourth-order valence-electron chi connectivity index (χ4n) is 2.65. The van der Waals surface area contributed by atoms with Crippen LogP contribution in [0.1, 0.15) is 32.0 Å². The Hall–Kier alpha value is -1.03. The summed E-state index contributed by atoms with van der Waals surface area (Å²) in [5, 5.41) is 10.8. The molecule has 120 valence electrons. The van der Waals surface area contributed by atoms with Gasteiger partial charge in [0.2, 0.25) is 0 Å². The van der Waals surface area contributed by atoms with Crippen LogP contribution < -0.4 is 10.0 Å². The van der Waals surface area contributed by atoms with Gasteiger partial charge in [0.15, 0.2) is 0 Å². The Morgan fingerprint density at radius 1 is 1.43 bits per heavy atom. The number of rotatable bonds is 7. The Labute approximate surface area is 126 Å². The second-order valence-corrected chi connectivity index (χ2v) is 6.89. The molecule has 0 spiro atoms. The zero-order valence-corrected chi connectivity index (χ0v) is 13.4. The smallest absolute Gasteiger partial charge is 0.280 e. The van der Waals surface area contributed by atoms with Gasteiger partial charge in [-0.3, -0.25) is 0 Å². The summed E-state index contributed by atoms with van der Waals surface area (Å²) in [6.07, 6.45) is 4.48. The van der Waals surface area contributed by atoms with Crippen LogP contribution >= 0.6 is 0 Å². The van der Waals surface area contributed by atoms with E-state index in [4.69, 9.17) is 0 Å². The highest BCUT2D eigenvalue weighted by atomic mass is 32.2. The topological polar surface area (TPSA) is 92.1 Å². The summed E-state index contributed by atoms with van der Waals surface area (Å²) < 4.78 is 31.0. The first-order valence-corrected chi connectivity index (χ1v) is 8.80. The second kappa shape index (κ2) is 7.30. The molecular formula is C12H24N6O2S. The molecule has 1 fully saturated rings. The Bertz CT molecular complexity index is 542. The van der Waals surface area contributed by atoms with Crippen molar-refractivity contribution < 1.29 is 8.42 Å². The fraction of sp³-hybridized carbons (Fsp3) is 0.833. The minimum absolute atomic E-state index is 0.0188.